The van der Waals surface area contributed by atoms with E-state index in [1.807, 2.05) is 0 Å². The fourth-order valence-electron chi connectivity index (χ4n) is 3.37. The second-order valence-electron chi connectivity index (χ2n) is 7.31. The van der Waals surface area contributed by atoms with Crippen LogP contribution in [0.15, 0.2) is 82.5 Å². The lowest BCUT2D eigenvalue weighted by molar-refractivity contribution is 0.601. The van der Waals surface area contributed by atoms with Gasteiger partial charge in [-0.1, -0.05) is 42.5 Å². The Bertz CT molecular complexity index is 1480. The number of hydrogen-bond acceptors (Lipinski definition) is 5. The van der Waals surface area contributed by atoms with E-state index >= 15 is 0 Å². The Labute approximate surface area is 184 Å². The molecule has 8 nitrogen and oxygen atoms in total. The van der Waals surface area contributed by atoms with E-state index < -0.39 is 10.0 Å². The molecule has 0 aliphatic rings. The van der Waals surface area contributed by atoms with Crippen molar-refractivity contribution in [3.63, 3.8) is 0 Å². The molecule has 0 atom stereocenters. The number of aromatic nitrogens is 2. The van der Waals surface area contributed by atoms with Crippen LogP contribution in [0.25, 0.3) is 10.9 Å². The highest BCUT2D eigenvalue weighted by molar-refractivity contribution is 7.92. The molecule has 0 spiro atoms. The average molecular weight is 448 g/mol. The lowest BCUT2D eigenvalue weighted by atomic mass is 10.1. The van der Waals surface area contributed by atoms with Crippen LogP contribution in [0.5, 0.6) is 0 Å². The van der Waals surface area contributed by atoms with Crippen molar-refractivity contribution < 1.29 is 8.42 Å². The van der Waals surface area contributed by atoms with Gasteiger partial charge in [-0.2, -0.15) is 0 Å². The SMILES string of the molecule is Cc1nc2ccc(NS(=O)(=O)c3ccccc3)cc2c(=O)n1Cc1ccc(C(=N)N)cc1. The summed E-state index contributed by atoms with van der Waals surface area (Å²) >= 11 is 0. The van der Waals surface area contributed by atoms with Gasteiger partial charge in [-0.15, -0.1) is 0 Å². The summed E-state index contributed by atoms with van der Waals surface area (Å²) in [5.41, 5.74) is 7.43. The van der Waals surface area contributed by atoms with Crippen LogP contribution in [0.3, 0.4) is 0 Å². The number of fused-ring (bicyclic) bond motifs is 1. The van der Waals surface area contributed by atoms with Gasteiger partial charge in [-0.05, 0) is 42.8 Å². The Morgan fingerprint density at radius 3 is 2.41 bits per heavy atom. The highest BCUT2D eigenvalue weighted by Crippen LogP contribution is 2.20. The quantitative estimate of drug-likeness (QED) is 0.309. The van der Waals surface area contributed by atoms with Gasteiger partial charge in [0, 0.05) is 11.3 Å². The highest BCUT2D eigenvalue weighted by atomic mass is 32.2. The molecule has 1 aromatic heterocycles. The van der Waals surface area contributed by atoms with Gasteiger partial charge in [0.15, 0.2) is 0 Å². The van der Waals surface area contributed by atoms with E-state index in [2.05, 4.69) is 9.71 Å². The Balaban J connectivity index is 1.70. The maximum Gasteiger partial charge on any atom is 0.261 e. The van der Waals surface area contributed by atoms with Crippen LogP contribution in [0.1, 0.15) is 17.0 Å². The average Bonchev–Trinajstić information content (AvgIpc) is 2.78. The third-order valence-corrected chi connectivity index (χ3v) is 6.45. The summed E-state index contributed by atoms with van der Waals surface area (Å²) in [6.07, 6.45) is 0. The van der Waals surface area contributed by atoms with Gasteiger partial charge in [0.2, 0.25) is 0 Å². The molecular weight excluding hydrogens is 426 g/mol. The molecule has 0 unspecified atom stereocenters. The van der Waals surface area contributed by atoms with E-state index in [-0.39, 0.29) is 28.5 Å². The van der Waals surface area contributed by atoms with Gasteiger partial charge in [-0.25, -0.2) is 13.4 Å². The third-order valence-electron chi connectivity index (χ3n) is 5.06. The molecule has 0 aliphatic carbocycles. The van der Waals surface area contributed by atoms with Crippen LogP contribution in [0, 0.1) is 12.3 Å². The fourth-order valence-corrected chi connectivity index (χ4v) is 4.44. The number of sulfonamides is 1. The summed E-state index contributed by atoms with van der Waals surface area (Å²) in [4.78, 5) is 17.8. The van der Waals surface area contributed by atoms with Crippen LogP contribution in [0.4, 0.5) is 5.69 Å². The summed E-state index contributed by atoms with van der Waals surface area (Å²) in [5, 5.41) is 7.80. The molecular formula is C23H21N5O3S. The number of hydrogen-bond donors (Lipinski definition) is 3. The van der Waals surface area contributed by atoms with E-state index in [0.717, 1.165) is 5.56 Å². The molecule has 4 N–H and O–H groups in total. The maximum absolute atomic E-state index is 13.2. The Kier molecular flexibility index (Phi) is 5.50. The van der Waals surface area contributed by atoms with Crippen LogP contribution in [0.2, 0.25) is 0 Å². The van der Waals surface area contributed by atoms with Crippen molar-refractivity contribution in [1.29, 1.82) is 5.41 Å². The zero-order chi connectivity index (χ0) is 22.9. The molecule has 4 rings (SSSR count). The standard InChI is InChI=1S/C23H21N5O3S/c1-15-26-21-12-11-18(27-32(30,31)19-5-3-2-4-6-19)13-20(21)23(29)28(15)14-16-7-9-17(10-8-16)22(24)25/h2-13,27H,14H2,1H3,(H3,24,25). The predicted octanol–water partition coefficient (Wildman–Crippen LogP) is 2.84. The van der Waals surface area contributed by atoms with Crippen molar-refractivity contribution in [3.05, 3.63) is 100 Å². The first-order valence-corrected chi connectivity index (χ1v) is 11.3. The van der Waals surface area contributed by atoms with Crippen molar-refractivity contribution in [2.75, 3.05) is 4.72 Å². The van der Waals surface area contributed by atoms with Crippen LogP contribution >= 0.6 is 0 Å². The minimum absolute atomic E-state index is 0.0252. The number of rotatable bonds is 6. The molecule has 0 radical (unpaired) electrons. The molecule has 162 valence electrons. The number of nitrogens with zero attached hydrogens (tertiary/aromatic N) is 2. The first-order valence-electron chi connectivity index (χ1n) is 9.77. The van der Waals surface area contributed by atoms with Crippen LogP contribution in [-0.2, 0) is 16.6 Å². The Hall–Kier alpha value is -3.98. The number of nitrogens with one attached hydrogen (secondary N) is 2. The molecule has 0 bridgehead atoms. The highest BCUT2D eigenvalue weighted by Gasteiger charge is 2.15. The minimum Gasteiger partial charge on any atom is -0.384 e. The number of anilines is 1. The van der Waals surface area contributed by atoms with E-state index in [1.165, 1.54) is 22.8 Å². The van der Waals surface area contributed by atoms with E-state index in [0.29, 0.717) is 22.3 Å². The van der Waals surface area contributed by atoms with Crippen molar-refractivity contribution in [2.45, 2.75) is 18.4 Å². The molecule has 9 heteroatoms. The molecule has 3 aromatic carbocycles. The monoisotopic (exact) mass is 447 g/mol. The lowest BCUT2D eigenvalue weighted by Gasteiger charge is -2.13. The van der Waals surface area contributed by atoms with Gasteiger partial charge in [0.25, 0.3) is 15.6 Å². The van der Waals surface area contributed by atoms with Crippen molar-refractivity contribution in [2.24, 2.45) is 5.73 Å². The largest absolute Gasteiger partial charge is 0.384 e. The first kappa shape index (κ1) is 21.3. The van der Waals surface area contributed by atoms with Gasteiger partial charge in [0.05, 0.1) is 22.3 Å². The smallest absolute Gasteiger partial charge is 0.261 e. The van der Waals surface area contributed by atoms with Crippen LogP contribution in [-0.4, -0.2) is 23.8 Å². The van der Waals surface area contributed by atoms with E-state index in [1.54, 1.807) is 61.5 Å². The van der Waals surface area contributed by atoms with Gasteiger partial charge in [0.1, 0.15) is 11.7 Å². The second-order valence-corrected chi connectivity index (χ2v) is 8.99. The Morgan fingerprint density at radius 1 is 1.06 bits per heavy atom. The predicted molar refractivity (Wildman–Crippen MR) is 125 cm³/mol. The van der Waals surface area contributed by atoms with Gasteiger partial charge < -0.3 is 5.73 Å². The minimum atomic E-state index is -3.78. The summed E-state index contributed by atoms with van der Waals surface area (Å²) in [6, 6.07) is 19.8. The summed E-state index contributed by atoms with van der Waals surface area (Å²) in [7, 11) is -3.78. The molecule has 0 saturated carbocycles. The summed E-state index contributed by atoms with van der Waals surface area (Å²) in [5.74, 6) is 0.513. The third kappa shape index (κ3) is 4.23. The lowest BCUT2D eigenvalue weighted by Crippen LogP contribution is -2.24. The summed E-state index contributed by atoms with van der Waals surface area (Å²) in [6.45, 7) is 2.03. The van der Waals surface area contributed by atoms with Crippen molar-refractivity contribution in [1.82, 2.24) is 9.55 Å². The molecule has 0 amide bonds. The molecule has 0 saturated heterocycles. The summed E-state index contributed by atoms with van der Waals surface area (Å²) < 4.78 is 29.3. The van der Waals surface area contributed by atoms with Crippen LogP contribution < -0.4 is 16.0 Å². The normalized spacial score (nSPS) is 11.4. The van der Waals surface area contributed by atoms with Gasteiger partial charge >= 0.3 is 0 Å². The van der Waals surface area contributed by atoms with E-state index in [4.69, 9.17) is 11.1 Å². The molecule has 0 aliphatic heterocycles. The zero-order valence-electron chi connectivity index (χ0n) is 17.2. The fraction of sp³-hybridized carbons (Fsp3) is 0.0870. The molecule has 4 aromatic rings. The number of amidine groups is 1. The number of aryl methyl sites for hydroxylation is 1. The van der Waals surface area contributed by atoms with Crippen molar-refractivity contribution in [3.8, 4) is 0 Å². The molecule has 1 heterocycles. The molecule has 0 fully saturated rings. The number of benzene rings is 3. The van der Waals surface area contributed by atoms with Gasteiger partial charge in [-0.3, -0.25) is 19.5 Å². The maximum atomic E-state index is 13.2. The van der Waals surface area contributed by atoms with E-state index in [9.17, 15) is 13.2 Å². The number of nitrogens with two attached hydrogens (primary N) is 1. The Morgan fingerprint density at radius 2 is 1.75 bits per heavy atom. The second kappa shape index (κ2) is 8.27. The first-order chi connectivity index (χ1) is 15.2. The zero-order valence-corrected chi connectivity index (χ0v) is 18.1. The topological polar surface area (TPSA) is 131 Å². The number of nitrogen functional groups attached to an aromatic ring is 1. The van der Waals surface area contributed by atoms with Crippen molar-refractivity contribution >= 4 is 32.4 Å². The molecule has 32 heavy (non-hydrogen) atoms.